The van der Waals surface area contributed by atoms with Gasteiger partial charge in [-0.1, -0.05) is 5.16 Å². The average Bonchev–Trinajstić information content (AvgIpc) is 2.63. The zero-order chi connectivity index (χ0) is 12.1. The third-order valence-corrected chi connectivity index (χ3v) is 1.79. The summed E-state index contributed by atoms with van der Waals surface area (Å²) in [5, 5.41) is 8.39. The fourth-order valence-electron chi connectivity index (χ4n) is 0.961. The maximum absolute atomic E-state index is 11.5. The number of aryl methyl sites for hydroxylation is 1. The van der Waals surface area contributed by atoms with Crippen molar-refractivity contribution in [1.82, 2.24) is 10.5 Å². The summed E-state index contributed by atoms with van der Waals surface area (Å²) in [5.74, 6) is 0.489. The van der Waals surface area contributed by atoms with Crippen molar-refractivity contribution in [2.75, 3.05) is 12.4 Å². The Morgan fingerprint density at radius 1 is 1.56 bits per heavy atom. The summed E-state index contributed by atoms with van der Waals surface area (Å²) in [6, 6.07) is 0.854. The molecule has 0 radical (unpaired) electrons. The van der Waals surface area contributed by atoms with E-state index < -0.39 is 18.0 Å². The molecule has 0 aromatic carbocycles. The number of hydrogen-bond donors (Lipinski definition) is 2. The number of alkyl carbamates (subject to hydrolysis) is 1. The molecule has 1 heterocycles. The lowest BCUT2D eigenvalue weighted by Gasteiger charge is -2.11. The van der Waals surface area contributed by atoms with Crippen molar-refractivity contribution in [1.29, 1.82) is 0 Å². The number of ether oxygens (including phenoxy) is 1. The maximum Gasteiger partial charge on any atom is 0.407 e. The molecule has 2 N–H and O–H groups in total. The van der Waals surface area contributed by atoms with Gasteiger partial charge in [0.05, 0.1) is 7.11 Å². The van der Waals surface area contributed by atoms with Crippen LogP contribution in [0.4, 0.5) is 10.6 Å². The van der Waals surface area contributed by atoms with Crippen molar-refractivity contribution >= 4 is 17.8 Å². The standard InChI is InChI=1S/C9H13N3O4/c1-5-4-7(12-16-5)11-8(13)6(2)10-9(14)15-3/h4,6H,1-3H3,(H,10,14)(H,11,12,13)/t6-/m1/s1. The average molecular weight is 227 g/mol. The monoisotopic (exact) mass is 227 g/mol. The summed E-state index contributed by atoms with van der Waals surface area (Å²) in [5.41, 5.74) is 0. The van der Waals surface area contributed by atoms with E-state index >= 15 is 0 Å². The summed E-state index contributed by atoms with van der Waals surface area (Å²) >= 11 is 0. The molecule has 0 bridgehead atoms. The summed E-state index contributed by atoms with van der Waals surface area (Å²) < 4.78 is 9.13. The number of methoxy groups -OCH3 is 1. The molecule has 0 aliphatic heterocycles. The lowest BCUT2D eigenvalue weighted by Crippen LogP contribution is -2.41. The lowest BCUT2D eigenvalue weighted by atomic mass is 10.3. The van der Waals surface area contributed by atoms with Gasteiger partial charge in [-0.05, 0) is 13.8 Å². The van der Waals surface area contributed by atoms with Crippen molar-refractivity contribution < 1.29 is 18.8 Å². The molecule has 0 saturated heterocycles. The molecule has 7 heteroatoms. The largest absolute Gasteiger partial charge is 0.453 e. The van der Waals surface area contributed by atoms with Crippen LogP contribution < -0.4 is 10.6 Å². The number of amides is 2. The first kappa shape index (κ1) is 12.0. The fourth-order valence-corrected chi connectivity index (χ4v) is 0.961. The minimum atomic E-state index is -0.718. The van der Waals surface area contributed by atoms with E-state index in [0.29, 0.717) is 11.6 Å². The summed E-state index contributed by atoms with van der Waals surface area (Å²) in [7, 11) is 1.22. The van der Waals surface area contributed by atoms with Gasteiger partial charge < -0.3 is 19.9 Å². The second-order valence-corrected chi connectivity index (χ2v) is 3.17. The van der Waals surface area contributed by atoms with Gasteiger partial charge in [0.15, 0.2) is 5.82 Å². The molecule has 0 aliphatic carbocycles. The first-order valence-corrected chi connectivity index (χ1v) is 4.61. The molecule has 88 valence electrons. The summed E-state index contributed by atoms with van der Waals surface area (Å²) in [6.45, 7) is 3.23. The number of carbonyl (C=O) groups is 2. The van der Waals surface area contributed by atoms with E-state index in [1.807, 2.05) is 0 Å². The Hall–Kier alpha value is -2.05. The van der Waals surface area contributed by atoms with Gasteiger partial charge in [-0.3, -0.25) is 4.79 Å². The van der Waals surface area contributed by atoms with E-state index in [9.17, 15) is 9.59 Å². The number of carbonyl (C=O) groups excluding carboxylic acids is 2. The highest BCUT2D eigenvalue weighted by Crippen LogP contribution is 2.07. The summed E-state index contributed by atoms with van der Waals surface area (Å²) in [4.78, 5) is 22.3. The van der Waals surface area contributed by atoms with Crippen molar-refractivity contribution in [3.63, 3.8) is 0 Å². The van der Waals surface area contributed by atoms with Crippen LogP contribution in [-0.4, -0.2) is 30.3 Å². The first-order chi connectivity index (χ1) is 7.52. The van der Waals surface area contributed by atoms with Crippen LogP contribution in [0.1, 0.15) is 12.7 Å². The number of hydrogen-bond acceptors (Lipinski definition) is 5. The number of nitrogens with zero attached hydrogens (tertiary/aromatic N) is 1. The van der Waals surface area contributed by atoms with E-state index in [2.05, 4.69) is 20.5 Å². The van der Waals surface area contributed by atoms with E-state index in [0.717, 1.165) is 0 Å². The molecule has 7 nitrogen and oxygen atoms in total. The zero-order valence-corrected chi connectivity index (χ0v) is 9.23. The van der Waals surface area contributed by atoms with Crippen LogP contribution in [-0.2, 0) is 9.53 Å². The SMILES string of the molecule is COC(=O)N[C@H](C)C(=O)Nc1cc(C)on1. The maximum atomic E-state index is 11.5. The van der Waals surface area contributed by atoms with Crippen molar-refractivity contribution in [2.24, 2.45) is 0 Å². The minimum Gasteiger partial charge on any atom is -0.453 e. The molecule has 0 unspecified atom stereocenters. The van der Waals surface area contributed by atoms with Gasteiger partial charge in [-0.25, -0.2) is 4.79 Å². The highest BCUT2D eigenvalue weighted by Gasteiger charge is 2.16. The molecule has 1 rings (SSSR count). The van der Waals surface area contributed by atoms with Gasteiger partial charge in [-0.2, -0.15) is 0 Å². The third kappa shape index (κ3) is 3.26. The minimum absolute atomic E-state index is 0.306. The Bertz CT molecular complexity index is 388. The van der Waals surface area contributed by atoms with Gasteiger partial charge in [0.1, 0.15) is 11.8 Å². The van der Waals surface area contributed by atoms with Crippen LogP contribution in [0.15, 0.2) is 10.6 Å². The van der Waals surface area contributed by atoms with Gasteiger partial charge in [0, 0.05) is 6.07 Å². The predicted molar refractivity (Wildman–Crippen MR) is 54.9 cm³/mol. The van der Waals surface area contributed by atoms with Crippen LogP contribution in [0.3, 0.4) is 0 Å². The van der Waals surface area contributed by atoms with Crippen LogP contribution in [0.25, 0.3) is 0 Å². The van der Waals surface area contributed by atoms with Crippen molar-refractivity contribution in [3.8, 4) is 0 Å². The second-order valence-electron chi connectivity index (χ2n) is 3.17. The molecule has 0 fully saturated rings. The molecule has 0 spiro atoms. The second kappa shape index (κ2) is 5.15. The Balaban J connectivity index is 2.49. The smallest absolute Gasteiger partial charge is 0.407 e. The van der Waals surface area contributed by atoms with Crippen LogP contribution >= 0.6 is 0 Å². The Labute approximate surface area is 92.1 Å². The van der Waals surface area contributed by atoms with Crippen molar-refractivity contribution in [2.45, 2.75) is 19.9 Å². The van der Waals surface area contributed by atoms with Gasteiger partial charge >= 0.3 is 6.09 Å². The molecule has 2 amide bonds. The molecular weight excluding hydrogens is 214 g/mol. The van der Waals surface area contributed by atoms with Crippen LogP contribution in [0.2, 0.25) is 0 Å². The Morgan fingerprint density at radius 2 is 2.25 bits per heavy atom. The molecule has 1 atom stereocenters. The highest BCUT2D eigenvalue weighted by atomic mass is 16.5. The molecular formula is C9H13N3O4. The summed E-state index contributed by atoms with van der Waals surface area (Å²) in [6.07, 6.45) is -0.668. The third-order valence-electron chi connectivity index (χ3n) is 1.79. The Kier molecular flexibility index (Phi) is 3.87. The zero-order valence-electron chi connectivity index (χ0n) is 9.23. The fraction of sp³-hybridized carbons (Fsp3) is 0.444. The quantitative estimate of drug-likeness (QED) is 0.791. The van der Waals surface area contributed by atoms with E-state index in [-0.39, 0.29) is 0 Å². The first-order valence-electron chi connectivity index (χ1n) is 4.61. The van der Waals surface area contributed by atoms with Gasteiger partial charge in [0.25, 0.3) is 0 Å². The van der Waals surface area contributed by atoms with Gasteiger partial charge in [-0.15, -0.1) is 0 Å². The molecule has 1 aromatic rings. The number of rotatable bonds is 3. The number of anilines is 1. The highest BCUT2D eigenvalue weighted by molar-refractivity contribution is 5.95. The lowest BCUT2D eigenvalue weighted by molar-refractivity contribution is -0.117. The normalized spacial score (nSPS) is 11.7. The molecule has 1 aromatic heterocycles. The molecule has 16 heavy (non-hydrogen) atoms. The number of nitrogens with one attached hydrogen (secondary N) is 2. The van der Waals surface area contributed by atoms with Crippen LogP contribution in [0, 0.1) is 6.92 Å². The topological polar surface area (TPSA) is 93.5 Å². The molecule has 0 aliphatic rings. The van der Waals surface area contributed by atoms with E-state index in [4.69, 9.17) is 4.52 Å². The molecule has 0 saturated carbocycles. The van der Waals surface area contributed by atoms with Crippen LogP contribution in [0.5, 0.6) is 0 Å². The van der Waals surface area contributed by atoms with E-state index in [1.54, 1.807) is 13.0 Å². The number of aromatic nitrogens is 1. The Morgan fingerprint density at radius 3 is 2.75 bits per heavy atom. The van der Waals surface area contributed by atoms with Crippen molar-refractivity contribution in [3.05, 3.63) is 11.8 Å². The van der Waals surface area contributed by atoms with E-state index in [1.165, 1.54) is 14.0 Å². The van der Waals surface area contributed by atoms with Gasteiger partial charge in [0.2, 0.25) is 5.91 Å². The predicted octanol–water partition coefficient (Wildman–Crippen LogP) is 0.666.